The first kappa shape index (κ1) is 16.7. The van der Waals surface area contributed by atoms with Gasteiger partial charge in [0.25, 0.3) is 5.56 Å². The van der Waals surface area contributed by atoms with Gasteiger partial charge in [-0.15, -0.1) is 0 Å². The molecule has 8 nitrogen and oxygen atoms in total. The summed E-state index contributed by atoms with van der Waals surface area (Å²) in [5.74, 6) is 0.420. The smallest absolute Gasteiger partial charge is 0.328 e. The van der Waals surface area contributed by atoms with Crippen LogP contribution in [0.3, 0.4) is 0 Å². The summed E-state index contributed by atoms with van der Waals surface area (Å²) in [4.78, 5) is 45.0. The molecule has 1 unspecified atom stereocenters. The summed E-state index contributed by atoms with van der Waals surface area (Å²) < 4.78 is 1.15. The van der Waals surface area contributed by atoms with Gasteiger partial charge in [-0.2, -0.15) is 0 Å². The fourth-order valence-electron chi connectivity index (χ4n) is 2.61. The van der Waals surface area contributed by atoms with E-state index in [1.165, 1.54) is 12.3 Å². The lowest BCUT2D eigenvalue weighted by molar-refractivity contribution is -0.122. The Labute approximate surface area is 142 Å². The SMILES string of the molecule is CC(C)C(NC(=O)Cn1ccc(=O)[nH]c1=O)c1nc2ccccc2[nH]1. The van der Waals surface area contributed by atoms with Crippen molar-refractivity contribution in [2.45, 2.75) is 26.4 Å². The maximum absolute atomic E-state index is 12.3. The number of hydrogen-bond donors (Lipinski definition) is 3. The van der Waals surface area contributed by atoms with Crippen molar-refractivity contribution in [2.75, 3.05) is 0 Å². The van der Waals surface area contributed by atoms with Crippen LogP contribution < -0.4 is 16.6 Å². The Morgan fingerprint density at radius 3 is 2.64 bits per heavy atom. The van der Waals surface area contributed by atoms with Crippen molar-refractivity contribution < 1.29 is 4.79 Å². The highest BCUT2D eigenvalue weighted by Crippen LogP contribution is 2.22. The van der Waals surface area contributed by atoms with E-state index in [9.17, 15) is 14.4 Å². The minimum Gasteiger partial charge on any atom is -0.344 e. The van der Waals surface area contributed by atoms with Crippen LogP contribution in [0.5, 0.6) is 0 Å². The second kappa shape index (κ2) is 6.76. The molecule has 0 fully saturated rings. The van der Waals surface area contributed by atoms with Crippen LogP contribution in [-0.2, 0) is 11.3 Å². The molecule has 1 amide bonds. The number of benzene rings is 1. The van der Waals surface area contributed by atoms with Crippen molar-refractivity contribution in [2.24, 2.45) is 5.92 Å². The molecule has 2 heterocycles. The highest BCUT2D eigenvalue weighted by atomic mass is 16.2. The number of aromatic nitrogens is 4. The van der Waals surface area contributed by atoms with E-state index in [1.807, 2.05) is 38.1 Å². The first-order valence-electron chi connectivity index (χ1n) is 7.98. The summed E-state index contributed by atoms with van der Waals surface area (Å²) in [6, 6.07) is 8.51. The van der Waals surface area contributed by atoms with Crippen LogP contribution in [0.25, 0.3) is 11.0 Å². The number of H-pyrrole nitrogens is 2. The zero-order valence-electron chi connectivity index (χ0n) is 13.9. The van der Waals surface area contributed by atoms with E-state index in [4.69, 9.17) is 0 Å². The molecule has 0 aliphatic rings. The van der Waals surface area contributed by atoms with Crippen LogP contribution in [0.2, 0.25) is 0 Å². The number of nitrogens with one attached hydrogen (secondary N) is 3. The summed E-state index contributed by atoms with van der Waals surface area (Å²) in [6.45, 7) is 3.77. The quantitative estimate of drug-likeness (QED) is 0.640. The Hall–Kier alpha value is -3.16. The second-order valence-electron chi connectivity index (χ2n) is 6.17. The molecule has 0 saturated carbocycles. The molecule has 0 bridgehead atoms. The predicted molar refractivity (Wildman–Crippen MR) is 93.1 cm³/mol. The van der Waals surface area contributed by atoms with Gasteiger partial charge in [-0.3, -0.25) is 19.1 Å². The Morgan fingerprint density at radius 2 is 1.96 bits per heavy atom. The Balaban J connectivity index is 1.80. The molecule has 130 valence electrons. The number of fused-ring (bicyclic) bond motifs is 1. The summed E-state index contributed by atoms with van der Waals surface area (Å²) in [5, 5.41) is 2.90. The van der Waals surface area contributed by atoms with Gasteiger partial charge < -0.3 is 10.3 Å². The fraction of sp³-hybridized carbons (Fsp3) is 0.294. The van der Waals surface area contributed by atoms with Crippen molar-refractivity contribution in [3.63, 3.8) is 0 Å². The molecular weight excluding hydrogens is 322 g/mol. The standard InChI is InChI=1S/C17H19N5O3/c1-10(2)15(16-18-11-5-3-4-6-12(11)19-16)20-14(24)9-22-8-7-13(23)21-17(22)25/h3-8,10,15H,9H2,1-2H3,(H,18,19)(H,20,24)(H,21,23,25). The van der Waals surface area contributed by atoms with Crippen molar-refractivity contribution in [3.05, 3.63) is 63.2 Å². The van der Waals surface area contributed by atoms with Gasteiger partial charge in [0.05, 0.1) is 17.1 Å². The highest BCUT2D eigenvalue weighted by Gasteiger charge is 2.22. The van der Waals surface area contributed by atoms with Gasteiger partial charge in [0, 0.05) is 12.3 Å². The third-order valence-electron chi connectivity index (χ3n) is 3.90. The monoisotopic (exact) mass is 341 g/mol. The van der Waals surface area contributed by atoms with Crippen LogP contribution in [0.1, 0.15) is 25.7 Å². The van der Waals surface area contributed by atoms with E-state index in [1.54, 1.807) is 0 Å². The molecule has 0 aliphatic heterocycles. The molecule has 0 aliphatic carbocycles. The van der Waals surface area contributed by atoms with Crippen LogP contribution in [0, 0.1) is 5.92 Å². The normalized spacial score (nSPS) is 12.4. The van der Waals surface area contributed by atoms with Crippen LogP contribution in [0.4, 0.5) is 0 Å². The zero-order chi connectivity index (χ0) is 18.0. The third kappa shape index (κ3) is 3.68. The Kier molecular flexibility index (Phi) is 4.51. The first-order valence-corrected chi connectivity index (χ1v) is 7.98. The van der Waals surface area contributed by atoms with Crippen molar-refractivity contribution in [1.82, 2.24) is 24.8 Å². The van der Waals surface area contributed by atoms with Gasteiger partial charge in [0.1, 0.15) is 12.4 Å². The number of carbonyl (C=O) groups is 1. The molecule has 8 heteroatoms. The number of rotatable bonds is 5. The van der Waals surface area contributed by atoms with E-state index < -0.39 is 11.2 Å². The number of amides is 1. The number of para-hydroxylation sites is 2. The van der Waals surface area contributed by atoms with Crippen molar-refractivity contribution >= 4 is 16.9 Å². The van der Waals surface area contributed by atoms with Gasteiger partial charge in [-0.25, -0.2) is 9.78 Å². The van der Waals surface area contributed by atoms with Crippen LogP contribution >= 0.6 is 0 Å². The van der Waals surface area contributed by atoms with Gasteiger partial charge in [-0.1, -0.05) is 26.0 Å². The van der Waals surface area contributed by atoms with Crippen molar-refractivity contribution in [3.8, 4) is 0 Å². The Morgan fingerprint density at radius 1 is 1.20 bits per heavy atom. The van der Waals surface area contributed by atoms with Gasteiger partial charge >= 0.3 is 5.69 Å². The largest absolute Gasteiger partial charge is 0.344 e. The summed E-state index contributed by atoms with van der Waals surface area (Å²) in [6.07, 6.45) is 1.30. The van der Waals surface area contributed by atoms with Crippen molar-refractivity contribution in [1.29, 1.82) is 0 Å². The molecule has 2 aromatic heterocycles. The van der Waals surface area contributed by atoms with E-state index >= 15 is 0 Å². The zero-order valence-corrected chi connectivity index (χ0v) is 13.9. The number of nitrogens with zero attached hydrogens (tertiary/aromatic N) is 2. The summed E-state index contributed by atoms with van der Waals surface area (Å²) in [5.41, 5.74) is 0.611. The van der Waals surface area contributed by atoms with E-state index in [0.29, 0.717) is 5.82 Å². The molecule has 0 spiro atoms. The van der Waals surface area contributed by atoms with E-state index in [0.717, 1.165) is 15.6 Å². The molecule has 0 saturated heterocycles. The van der Waals surface area contributed by atoms with Crippen LogP contribution in [-0.4, -0.2) is 25.4 Å². The molecule has 0 radical (unpaired) electrons. The van der Waals surface area contributed by atoms with Gasteiger partial charge in [0.15, 0.2) is 0 Å². The average molecular weight is 341 g/mol. The number of imidazole rings is 1. The minimum atomic E-state index is -0.618. The fourth-order valence-corrected chi connectivity index (χ4v) is 2.61. The molecule has 1 aromatic carbocycles. The Bertz CT molecular complexity index is 982. The maximum atomic E-state index is 12.3. The average Bonchev–Trinajstić information content (AvgIpc) is 2.98. The van der Waals surface area contributed by atoms with Gasteiger partial charge in [0.2, 0.25) is 5.91 Å². The third-order valence-corrected chi connectivity index (χ3v) is 3.90. The first-order chi connectivity index (χ1) is 11.9. The van der Waals surface area contributed by atoms with Crippen LogP contribution in [0.15, 0.2) is 46.1 Å². The summed E-state index contributed by atoms with van der Waals surface area (Å²) >= 11 is 0. The lowest BCUT2D eigenvalue weighted by Gasteiger charge is -2.20. The lowest BCUT2D eigenvalue weighted by atomic mass is 10.0. The number of carbonyl (C=O) groups excluding carboxylic acids is 1. The topological polar surface area (TPSA) is 113 Å². The molecule has 3 N–H and O–H groups in total. The molecule has 1 atom stereocenters. The number of aromatic amines is 2. The molecular formula is C17H19N5O3. The van der Waals surface area contributed by atoms with Gasteiger partial charge in [-0.05, 0) is 18.1 Å². The maximum Gasteiger partial charge on any atom is 0.328 e. The minimum absolute atomic E-state index is 0.0943. The predicted octanol–water partition coefficient (Wildman–Crippen LogP) is 0.926. The second-order valence-corrected chi connectivity index (χ2v) is 6.17. The molecule has 3 aromatic rings. The molecule has 25 heavy (non-hydrogen) atoms. The number of hydrogen-bond acceptors (Lipinski definition) is 4. The van der Waals surface area contributed by atoms with E-state index in [2.05, 4.69) is 20.3 Å². The lowest BCUT2D eigenvalue weighted by Crippen LogP contribution is -2.38. The highest BCUT2D eigenvalue weighted by molar-refractivity contribution is 5.77. The van der Waals surface area contributed by atoms with E-state index in [-0.39, 0.29) is 24.4 Å². The summed E-state index contributed by atoms with van der Waals surface area (Å²) in [7, 11) is 0. The molecule has 3 rings (SSSR count).